The molecular weight excluding hydrogens is 174 g/mol. The maximum absolute atomic E-state index is 5.68. The van der Waals surface area contributed by atoms with Crippen molar-refractivity contribution in [3.63, 3.8) is 0 Å². The van der Waals surface area contributed by atoms with E-state index >= 15 is 0 Å². The van der Waals surface area contributed by atoms with Crippen molar-refractivity contribution in [1.29, 1.82) is 0 Å². The zero-order valence-corrected chi connectivity index (χ0v) is 9.50. The molecule has 2 atom stereocenters. The van der Waals surface area contributed by atoms with E-state index in [0.717, 1.165) is 13.0 Å². The molecule has 14 heavy (non-hydrogen) atoms. The van der Waals surface area contributed by atoms with Crippen molar-refractivity contribution in [1.82, 2.24) is 4.57 Å². The molecule has 0 saturated carbocycles. The van der Waals surface area contributed by atoms with Gasteiger partial charge in [0.15, 0.2) is 0 Å². The summed E-state index contributed by atoms with van der Waals surface area (Å²) in [7, 11) is 0. The summed E-state index contributed by atoms with van der Waals surface area (Å²) in [4.78, 5) is 0. The number of rotatable bonds is 1. The van der Waals surface area contributed by atoms with Crippen LogP contribution in [0.1, 0.15) is 31.7 Å². The Bertz CT molecular complexity index is 323. The van der Waals surface area contributed by atoms with E-state index in [1.54, 1.807) is 0 Å². The molecule has 2 rings (SSSR count). The Hall–Kier alpha value is -0.760. The second-order valence-electron chi connectivity index (χ2n) is 4.57. The lowest BCUT2D eigenvalue weighted by Crippen LogP contribution is -2.38. The van der Waals surface area contributed by atoms with Crippen LogP contribution < -0.4 is 0 Å². The lowest BCUT2D eigenvalue weighted by Gasteiger charge is -2.32. The molecule has 0 radical (unpaired) electrons. The van der Waals surface area contributed by atoms with Crippen molar-refractivity contribution in [3.05, 3.63) is 23.5 Å². The van der Waals surface area contributed by atoms with E-state index in [9.17, 15) is 0 Å². The van der Waals surface area contributed by atoms with Gasteiger partial charge in [-0.3, -0.25) is 0 Å². The first-order chi connectivity index (χ1) is 6.55. The van der Waals surface area contributed by atoms with Crippen LogP contribution in [-0.4, -0.2) is 17.3 Å². The van der Waals surface area contributed by atoms with Crippen LogP contribution >= 0.6 is 0 Å². The zero-order valence-electron chi connectivity index (χ0n) is 9.50. The van der Waals surface area contributed by atoms with E-state index in [-0.39, 0.29) is 5.54 Å². The number of ether oxygens (including phenoxy) is 1. The van der Waals surface area contributed by atoms with Crippen molar-refractivity contribution in [2.45, 2.75) is 45.8 Å². The van der Waals surface area contributed by atoms with Gasteiger partial charge in [0.2, 0.25) is 0 Å². The maximum Gasteiger partial charge on any atom is 0.0780 e. The molecule has 1 saturated heterocycles. The van der Waals surface area contributed by atoms with Gasteiger partial charge in [0.1, 0.15) is 0 Å². The second-order valence-corrected chi connectivity index (χ2v) is 4.57. The molecule has 1 aliphatic rings. The Kier molecular flexibility index (Phi) is 2.18. The zero-order chi connectivity index (χ0) is 10.3. The summed E-state index contributed by atoms with van der Waals surface area (Å²) in [6.45, 7) is 9.69. The smallest absolute Gasteiger partial charge is 0.0780 e. The molecular formula is C12H19NO. The molecule has 1 aliphatic heterocycles. The summed E-state index contributed by atoms with van der Waals surface area (Å²) in [5.74, 6) is 0. The van der Waals surface area contributed by atoms with Gasteiger partial charge in [-0.2, -0.15) is 0 Å². The third kappa shape index (κ3) is 1.21. The first-order valence-corrected chi connectivity index (χ1v) is 5.33. The monoisotopic (exact) mass is 193 g/mol. The third-order valence-corrected chi connectivity index (χ3v) is 3.63. The van der Waals surface area contributed by atoms with Gasteiger partial charge in [-0.1, -0.05) is 0 Å². The van der Waals surface area contributed by atoms with Gasteiger partial charge in [0, 0.05) is 18.0 Å². The van der Waals surface area contributed by atoms with Crippen molar-refractivity contribution in [2.75, 3.05) is 6.61 Å². The van der Waals surface area contributed by atoms with Gasteiger partial charge in [-0.15, -0.1) is 0 Å². The van der Waals surface area contributed by atoms with Crippen LogP contribution in [0, 0.1) is 13.8 Å². The molecule has 0 N–H and O–H groups in total. The number of aromatic nitrogens is 1. The maximum atomic E-state index is 5.68. The third-order valence-electron chi connectivity index (χ3n) is 3.63. The second kappa shape index (κ2) is 3.13. The number of hydrogen-bond donors (Lipinski definition) is 0. The van der Waals surface area contributed by atoms with Crippen LogP contribution in [0.2, 0.25) is 0 Å². The van der Waals surface area contributed by atoms with Crippen molar-refractivity contribution >= 4 is 0 Å². The Morgan fingerprint density at radius 3 is 2.36 bits per heavy atom. The highest BCUT2D eigenvalue weighted by atomic mass is 16.5. The van der Waals surface area contributed by atoms with E-state index < -0.39 is 0 Å². The first kappa shape index (κ1) is 9.78. The Balaban J connectivity index is 2.47. The summed E-state index contributed by atoms with van der Waals surface area (Å²) in [6.07, 6.45) is 1.43. The number of nitrogens with zero attached hydrogens (tertiary/aromatic N) is 1. The molecule has 0 amide bonds. The van der Waals surface area contributed by atoms with Crippen molar-refractivity contribution in [2.24, 2.45) is 0 Å². The predicted molar refractivity (Wildman–Crippen MR) is 57.6 cm³/mol. The average Bonchev–Trinajstić information content (AvgIpc) is 2.60. The number of aryl methyl sites for hydroxylation is 2. The fourth-order valence-electron chi connectivity index (χ4n) is 2.59. The lowest BCUT2D eigenvalue weighted by atomic mass is 9.93. The standard InChI is InChI=1S/C12H19NO/c1-9-5-6-10(2)13(9)12(4)7-8-14-11(12)3/h5-6,11H,7-8H2,1-4H3. The molecule has 0 aromatic carbocycles. The number of hydrogen-bond acceptors (Lipinski definition) is 1. The van der Waals surface area contributed by atoms with E-state index in [1.807, 2.05) is 0 Å². The first-order valence-electron chi connectivity index (χ1n) is 5.33. The molecule has 2 unspecified atom stereocenters. The summed E-state index contributed by atoms with van der Waals surface area (Å²) in [5.41, 5.74) is 2.82. The van der Waals surface area contributed by atoms with Crippen molar-refractivity contribution in [3.8, 4) is 0 Å². The summed E-state index contributed by atoms with van der Waals surface area (Å²) in [5, 5.41) is 0. The van der Waals surface area contributed by atoms with Crippen molar-refractivity contribution < 1.29 is 4.74 Å². The van der Waals surface area contributed by atoms with E-state index in [2.05, 4.69) is 44.4 Å². The summed E-state index contributed by atoms with van der Waals surface area (Å²) < 4.78 is 8.10. The highest BCUT2D eigenvalue weighted by Gasteiger charge is 2.39. The molecule has 0 bridgehead atoms. The molecule has 0 aliphatic carbocycles. The minimum atomic E-state index is 0.150. The van der Waals surface area contributed by atoms with Crippen LogP contribution in [0.3, 0.4) is 0 Å². The molecule has 78 valence electrons. The minimum Gasteiger partial charge on any atom is -0.376 e. The molecule has 1 aromatic rings. The highest BCUT2D eigenvalue weighted by molar-refractivity contribution is 5.18. The van der Waals surface area contributed by atoms with Gasteiger partial charge >= 0.3 is 0 Å². The molecule has 2 heteroatoms. The molecule has 0 spiro atoms. The molecule has 2 heterocycles. The fourth-order valence-corrected chi connectivity index (χ4v) is 2.59. The minimum absolute atomic E-state index is 0.150. The van der Waals surface area contributed by atoms with Crippen LogP contribution in [0.15, 0.2) is 12.1 Å². The normalized spacial score (nSPS) is 32.4. The SMILES string of the molecule is Cc1ccc(C)n1C1(C)CCOC1C. The van der Waals surface area contributed by atoms with Gasteiger partial charge < -0.3 is 9.30 Å². The average molecular weight is 193 g/mol. The predicted octanol–water partition coefficient (Wildman–Crippen LogP) is 2.63. The van der Waals surface area contributed by atoms with Gasteiger partial charge in [0.05, 0.1) is 11.6 Å². The van der Waals surface area contributed by atoms with Crippen LogP contribution in [-0.2, 0) is 10.3 Å². The Morgan fingerprint density at radius 2 is 1.93 bits per heavy atom. The van der Waals surface area contributed by atoms with Gasteiger partial charge in [-0.25, -0.2) is 0 Å². The van der Waals surface area contributed by atoms with Gasteiger partial charge in [0.25, 0.3) is 0 Å². The van der Waals surface area contributed by atoms with Crippen LogP contribution in [0.25, 0.3) is 0 Å². The largest absolute Gasteiger partial charge is 0.376 e. The van der Waals surface area contributed by atoms with Crippen LogP contribution in [0.5, 0.6) is 0 Å². The Morgan fingerprint density at radius 1 is 1.36 bits per heavy atom. The van der Waals surface area contributed by atoms with E-state index in [0.29, 0.717) is 6.10 Å². The molecule has 1 aromatic heterocycles. The lowest BCUT2D eigenvalue weighted by molar-refractivity contribution is 0.0746. The van der Waals surface area contributed by atoms with E-state index in [4.69, 9.17) is 4.74 Å². The summed E-state index contributed by atoms with van der Waals surface area (Å²) in [6, 6.07) is 4.37. The van der Waals surface area contributed by atoms with Crippen LogP contribution in [0.4, 0.5) is 0 Å². The highest BCUT2D eigenvalue weighted by Crippen LogP contribution is 2.35. The quantitative estimate of drug-likeness (QED) is 0.668. The topological polar surface area (TPSA) is 14.2 Å². The molecule has 1 fully saturated rings. The fraction of sp³-hybridized carbons (Fsp3) is 0.667. The van der Waals surface area contributed by atoms with Gasteiger partial charge in [-0.05, 0) is 46.2 Å². The van der Waals surface area contributed by atoms with E-state index in [1.165, 1.54) is 11.4 Å². The Labute approximate surface area is 85.9 Å². The summed E-state index contributed by atoms with van der Waals surface area (Å²) >= 11 is 0. The molecule has 2 nitrogen and oxygen atoms in total.